The molecule has 0 unspecified atom stereocenters. The van der Waals surface area contributed by atoms with Crippen molar-refractivity contribution >= 4 is 5.91 Å². The lowest BCUT2D eigenvalue weighted by Crippen LogP contribution is -2.44. The first-order valence-corrected chi connectivity index (χ1v) is 7.29. The van der Waals surface area contributed by atoms with E-state index in [0.717, 1.165) is 31.5 Å². The summed E-state index contributed by atoms with van der Waals surface area (Å²) in [5.74, 6) is 0.229. The Morgan fingerprint density at radius 3 is 3.00 bits per heavy atom. The molecule has 20 heavy (non-hydrogen) atoms. The zero-order valence-electron chi connectivity index (χ0n) is 12.7. The summed E-state index contributed by atoms with van der Waals surface area (Å²) < 4.78 is 4.84. The summed E-state index contributed by atoms with van der Waals surface area (Å²) in [5, 5.41) is 3.90. The van der Waals surface area contributed by atoms with Crippen LogP contribution >= 0.6 is 0 Å². The average molecular weight is 276 g/mol. The molecule has 0 aliphatic carbocycles. The Morgan fingerprint density at radius 1 is 1.55 bits per heavy atom. The van der Waals surface area contributed by atoms with Gasteiger partial charge >= 0.3 is 0 Å². The molecule has 0 bridgehead atoms. The third kappa shape index (κ3) is 3.95. The van der Waals surface area contributed by atoms with E-state index in [9.17, 15) is 4.79 Å². The number of nitrogens with zero attached hydrogens (tertiary/aromatic N) is 2. The van der Waals surface area contributed by atoms with Crippen molar-refractivity contribution in [2.45, 2.75) is 53.0 Å². The Morgan fingerprint density at radius 2 is 2.35 bits per heavy atom. The number of amides is 1. The van der Waals surface area contributed by atoms with E-state index < -0.39 is 0 Å². The van der Waals surface area contributed by atoms with Gasteiger partial charge in [0.05, 0.1) is 6.54 Å². The monoisotopic (exact) mass is 276 g/mol. The molecule has 110 valence electrons. The second kappa shape index (κ2) is 6.25. The van der Waals surface area contributed by atoms with Gasteiger partial charge in [-0.3, -0.25) is 4.79 Å². The fourth-order valence-electron chi connectivity index (χ4n) is 2.77. The molecule has 0 spiro atoms. The number of likely N-dealkylation sites (tertiary alicyclic amines) is 1. The Balaban J connectivity index is 1.95. The third-order valence-corrected chi connectivity index (χ3v) is 4.01. The van der Waals surface area contributed by atoms with Gasteiger partial charge < -0.3 is 9.42 Å². The zero-order chi connectivity index (χ0) is 14.6. The van der Waals surface area contributed by atoms with Crippen LogP contribution in [0.25, 0.3) is 0 Å². The molecule has 1 aliphatic rings. The van der Waals surface area contributed by atoms with E-state index in [0.29, 0.717) is 13.0 Å². The normalized spacial score (nSPS) is 22.9. The minimum atomic E-state index is 0.212. The summed E-state index contributed by atoms with van der Waals surface area (Å²) in [4.78, 5) is 14.0. The summed E-state index contributed by atoms with van der Waals surface area (Å²) >= 11 is 0. The first-order valence-electron chi connectivity index (χ1n) is 7.29. The van der Waals surface area contributed by atoms with Crippen molar-refractivity contribution < 1.29 is 9.32 Å². The van der Waals surface area contributed by atoms with Gasteiger partial charge in [-0.25, -0.2) is 0 Å². The predicted octanol–water partition coefficient (Wildman–Crippen LogP) is 3.55. The van der Waals surface area contributed by atoms with E-state index in [2.05, 4.69) is 32.0 Å². The Bertz CT molecular complexity index is 475. The van der Waals surface area contributed by atoms with E-state index in [1.807, 2.05) is 11.0 Å². The van der Waals surface area contributed by atoms with E-state index >= 15 is 0 Å². The lowest BCUT2D eigenvalue weighted by atomic mass is 9.77. The molecule has 2 heterocycles. The highest BCUT2D eigenvalue weighted by atomic mass is 16.5. The SMILES string of the molecule is CC(C)=CCC[C@@]1(C)CCC(=O)N(Cc2ccon2)C1. The van der Waals surface area contributed by atoms with Crippen LogP contribution in [0, 0.1) is 5.41 Å². The molecular weight excluding hydrogens is 252 g/mol. The van der Waals surface area contributed by atoms with Gasteiger partial charge in [0.25, 0.3) is 0 Å². The molecule has 1 aromatic rings. The molecule has 0 saturated carbocycles. The molecule has 1 aliphatic heterocycles. The number of piperidine rings is 1. The van der Waals surface area contributed by atoms with Crippen LogP contribution in [0.4, 0.5) is 0 Å². The second-order valence-corrected chi connectivity index (χ2v) is 6.37. The van der Waals surface area contributed by atoms with Gasteiger partial charge in [0.15, 0.2) is 0 Å². The number of hydrogen-bond donors (Lipinski definition) is 0. The first kappa shape index (κ1) is 14.8. The van der Waals surface area contributed by atoms with Gasteiger partial charge in [-0.05, 0) is 38.5 Å². The molecule has 1 aromatic heterocycles. The summed E-state index contributed by atoms with van der Waals surface area (Å²) in [6.45, 7) is 7.92. The summed E-state index contributed by atoms with van der Waals surface area (Å²) in [6.07, 6.45) is 7.67. The van der Waals surface area contributed by atoms with Crippen molar-refractivity contribution in [1.29, 1.82) is 0 Å². The van der Waals surface area contributed by atoms with Crippen molar-refractivity contribution in [3.63, 3.8) is 0 Å². The van der Waals surface area contributed by atoms with Gasteiger partial charge in [-0.2, -0.15) is 0 Å². The lowest BCUT2D eigenvalue weighted by Gasteiger charge is -2.40. The molecule has 1 atom stereocenters. The molecule has 4 nitrogen and oxygen atoms in total. The third-order valence-electron chi connectivity index (χ3n) is 4.01. The van der Waals surface area contributed by atoms with Gasteiger partial charge in [-0.1, -0.05) is 23.7 Å². The molecule has 1 amide bonds. The molecule has 1 fully saturated rings. The standard InChI is InChI=1S/C16H24N2O2/c1-13(2)5-4-8-16(3)9-6-15(19)18(12-16)11-14-7-10-20-17-14/h5,7,10H,4,6,8-9,11-12H2,1-3H3/t16-/m0/s1. The summed E-state index contributed by atoms with van der Waals surface area (Å²) in [7, 11) is 0. The summed E-state index contributed by atoms with van der Waals surface area (Å²) in [5.41, 5.74) is 2.40. The van der Waals surface area contributed by atoms with Gasteiger partial charge in [0.2, 0.25) is 5.91 Å². The topological polar surface area (TPSA) is 46.3 Å². The van der Waals surface area contributed by atoms with Crippen LogP contribution in [0.1, 0.15) is 52.1 Å². The molecular formula is C16H24N2O2. The Labute approximate surface area is 120 Å². The van der Waals surface area contributed by atoms with Crippen LogP contribution in [0.15, 0.2) is 28.5 Å². The number of aromatic nitrogens is 1. The smallest absolute Gasteiger partial charge is 0.222 e. The quantitative estimate of drug-likeness (QED) is 0.773. The minimum absolute atomic E-state index is 0.212. The highest BCUT2D eigenvalue weighted by molar-refractivity contribution is 5.77. The van der Waals surface area contributed by atoms with Gasteiger partial charge in [0, 0.05) is 19.0 Å². The van der Waals surface area contributed by atoms with Crippen LogP contribution < -0.4 is 0 Å². The molecule has 0 aromatic carbocycles. The van der Waals surface area contributed by atoms with Gasteiger partial charge in [0.1, 0.15) is 12.0 Å². The van der Waals surface area contributed by atoms with Gasteiger partial charge in [-0.15, -0.1) is 0 Å². The number of allylic oxidation sites excluding steroid dienone is 2. The lowest BCUT2D eigenvalue weighted by molar-refractivity contribution is -0.138. The minimum Gasteiger partial charge on any atom is -0.364 e. The fraction of sp³-hybridized carbons (Fsp3) is 0.625. The fourth-order valence-corrected chi connectivity index (χ4v) is 2.77. The largest absolute Gasteiger partial charge is 0.364 e. The molecule has 0 N–H and O–H groups in total. The maximum absolute atomic E-state index is 12.0. The maximum atomic E-state index is 12.0. The van der Waals surface area contributed by atoms with Crippen LogP contribution in [-0.4, -0.2) is 22.5 Å². The summed E-state index contributed by atoms with van der Waals surface area (Å²) in [6, 6.07) is 1.82. The van der Waals surface area contributed by atoms with Crippen LogP contribution in [0.5, 0.6) is 0 Å². The molecule has 2 rings (SSSR count). The second-order valence-electron chi connectivity index (χ2n) is 6.37. The van der Waals surface area contributed by atoms with Crippen molar-refractivity contribution in [1.82, 2.24) is 10.1 Å². The van der Waals surface area contributed by atoms with Crippen LogP contribution in [-0.2, 0) is 11.3 Å². The number of carbonyl (C=O) groups excluding carboxylic acids is 1. The Kier molecular flexibility index (Phi) is 4.63. The Hall–Kier alpha value is -1.58. The highest BCUT2D eigenvalue weighted by Crippen LogP contribution is 2.35. The number of hydrogen-bond acceptors (Lipinski definition) is 3. The van der Waals surface area contributed by atoms with Crippen molar-refractivity contribution in [2.75, 3.05) is 6.54 Å². The van der Waals surface area contributed by atoms with Crippen LogP contribution in [0.3, 0.4) is 0 Å². The highest BCUT2D eigenvalue weighted by Gasteiger charge is 2.34. The van der Waals surface area contributed by atoms with E-state index in [-0.39, 0.29) is 11.3 Å². The first-order chi connectivity index (χ1) is 9.48. The number of carbonyl (C=O) groups is 1. The van der Waals surface area contributed by atoms with Crippen molar-refractivity contribution in [3.05, 3.63) is 29.7 Å². The average Bonchev–Trinajstić information content (AvgIpc) is 2.86. The predicted molar refractivity (Wildman–Crippen MR) is 77.9 cm³/mol. The number of rotatable bonds is 5. The van der Waals surface area contributed by atoms with Crippen molar-refractivity contribution in [3.8, 4) is 0 Å². The van der Waals surface area contributed by atoms with E-state index in [1.54, 1.807) is 6.26 Å². The maximum Gasteiger partial charge on any atom is 0.222 e. The van der Waals surface area contributed by atoms with Crippen molar-refractivity contribution in [2.24, 2.45) is 5.41 Å². The van der Waals surface area contributed by atoms with E-state index in [1.165, 1.54) is 5.57 Å². The molecule has 1 saturated heterocycles. The molecule has 4 heteroatoms. The molecule has 0 radical (unpaired) electrons. The van der Waals surface area contributed by atoms with E-state index in [4.69, 9.17) is 4.52 Å². The van der Waals surface area contributed by atoms with Crippen LogP contribution in [0.2, 0.25) is 0 Å². The zero-order valence-corrected chi connectivity index (χ0v) is 12.7.